The van der Waals surface area contributed by atoms with Crippen LogP contribution >= 0.6 is 11.6 Å². The van der Waals surface area contributed by atoms with E-state index in [9.17, 15) is 13.6 Å². The van der Waals surface area contributed by atoms with E-state index < -0.39 is 17.5 Å². The minimum absolute atomic E-state index is 0.0811. The molecule has 0 aromatic heterocycles. The summed E-state index contributed by atoms with van der Waals surface area (Å²) in [6, 6.07) is 7.22. The highest BCUT2D eigenvalue weighted by molar-refractivity contribution is 6.30. The molecule has 2 aromatic rings. The third-order valence-electron chi connectivity index (χ3n) is 6.88. The van der Waals surface area contributed by atoms with Gasteiger partial charge >= 0.3 is 5.97 Å². The van der Waals surface area contributed by atoms with E-state index in [1.807, 2.05) is 6.92 Å². The number of likely N-dealkylation sites (tertiary alicyclic amines) is 1. The van der Waals surface area contributed by atoms with Crippen LogP contribution in [0.25, 0.3) is 0 Å². The van der Waals surface area contributed by atoms with Crippen molar-refractivity contribution in [3.05, 3.63) is 69.2 Å². The fourth-order valence-electron chi connectivity index (χ4n) is 4.62. The lowest BCUT2D eigenvalue weighted by Crippen LogP contribution is -2.45. The van der Waals surface area contributed by atoms with E-state index >= 15 is 4.39 Å². The number of hydrogen-bond acceptors (Lipinski definition) is 4. The Morgan fingerprint density at radius 2 is 1.88 bits per heavy atom. The van der Waals surface area contributed by atoms with E-state index in [4.69, 9.17) is 16.3 Å². The minimum atomic E-state index is -1.49. The van der Waals surface area contributed by atoms with Crippen molar-refractivity contribution in [1.82, 2.24) is 4.90 Å². The largest absolute Gasteiger partial charge is 0.465 e. The number of nitrogens with zero attached hydrogens (tertiary/aromatic N) is 1. The summed E-state index contributed by atoms with van der Waals surface area (Å²) in [6.07, 6.45) is 2.50. The Labute approximate surface area is 203 Å². The molecule has 0 radical (unpaired) electrons. The Kier molecular flexibility index (Phi) is 7.55. The first-order chi connectivity index (χ1) is 16.2. The van der Waals surface area contributed by atoms with Crippen LogP contribution in [-0.4, -0.2) is 43.3 Å². The molecule has 0 spiro atoms. The van der Waals surface area contributed by atoms with Gasteiger partial charge in [-0.3, -0.25) is 4.90 Å². The summed E-state index contributed by atoms with van der Waals surface area (Å²) in [6.45, 7) is 2.96. The SMILES string of the molecule is COC(=O)c1cc(C2CC2)c(COCC2(F)CCN(C(C)c3cc(F)cc(Cl)c3)CC2)cc1F. The second-order valence-electron chi connectivity index (χ2n) is 9.36. The van der Waals surface area contributed by atoms with Crippen molar-refractivity contribution in [2.75, 3.05) is 26.8 Å². The summed E-state index contributed by atoms with van der Waals surface area (Å²) in [5.41, 5.74) is 0.700. The van der Waals surface area contributed by atoms with Crippen molar-refractivity contribution in [2.24, 2.45) is 0 Å². The third kappa shape index (κ3) is 5.75. The topological polar surface area (TPSA) is 38.8 Å². The molecular weight excluding hydrogens is 467 g/mol. The summed E-state index contributed by atoms with van der Waals surface area (Å²) in [4.78, 5) is 13.9. The maximum atomic E-state index is 15.4. The van der Waals surface area contributed by atoms with Crippen LogP contribution in [0.15, 0.2) is 30.3 Å². The number of piperidine rings is 1. The molecule has 1 unspecified atom stereocenters. The number of halogens is 4. The molecule has 1 atom stereocenters. The number of benzene rings is 2. The zero-order valence-electron chi connectivity index (χ0n) is 19.4. The molecule has 0 bridgehead atoms. The molecule has 1 heterocycles. The smallest absolute Gasteiger partial charge is 0.340 e. The Hall–Kier alpha value is -2.09. The van der Waals surface area contributed by atoms with Gasteiger partial charge in [0, 0.05) is 24.2 Å². The number of hydrogen-bond donors (Lipinski definition) is 0. The van der Waals surface area contributed by atoms with Crippen LogP contribution in [0, 0.1) is 11.6 Å². The first-order valence-electron chi connectivity index (χ1n) is 11.6. The van der Waals surface area contributed by atoms with Crippen molar-refractivity contribution in [1.29, 1.82) is 0 Å². The van der Waals surface area contributed by atoms with Crippen LogP contribution in [0.4, 0.5) is 13.2 Å². The third-order valence-corrected chi connectivity index (χ3v) is 7.10. The zero-order chi connectivity index (χ0) is 24.5. The predicted molar refractivity (Wildman–Crippen MR) is 124 cm³/mol. The zero-order valence-corrected chi connectivity index (χ0v) is 20.1. The molecule has 1 saturated heterocycles. The van der Waals surface area contributed by atoms with Crippen molar-refractivity contribution in [3.63, 3.8) is 0 Å². The highest BCUT2D eigenvalue weighted by Gasteiger charge is 2.37. The summed E-state index contributed by atoms with van der Waals surface area (Å²) >= 11 is 5.98. The highest BCUT2D eigenvalue weighted by Crippen LogP contribution is 2.43. The Morgan fingerprint density at radius 3 is 2.50 bits per heavy atom. The monoisotopic (exact) mass is 495 g/mol. The molecule has 4 rings (SSSR count). The lowest BCUT2D eigenvalue weighted by Gasteiger charge is -2.39. The Bertz CT molecular complexity index is 1030. The minimum Gasteiger partial charge on any atom is -0.465 e. The molecule has 1 aliphatic carbocycles. The van der Waals surface area contributed by atoms with Crippen LogP contribution in [-0.2, 0) is 16.1 Å². The molecule has 1 saturated carbocycles. The molecule has 4 nitrogen and oxygen atoms in total. The molecule has 2 fully saturated rings. The number of carbonyl (C=O) groups is 1. The van der Waals surface area contributed by atoms with Crippen LogP contribution < -0.4 is 0 Å². The van der Waals surface area contributed by atoms with Gasteiger partial charge in [-0.15, -0.1) is 0 Å². The van der Waals surface area contributed by atoms with Crippen LogP contribution in [0.2, 0.25) is 5.02 Å². The van der Waals surface area contributed by atoms with E-state index in [0.29, 0.717) is 23.7 Å². The molecule has 8 heteroatoms. The maximum Gasteiger partial charge on any atom is 0.340 e. The fraction of sp³-hybridized carbons (Fsp3) is 0.500. The van der Waals surface area contributed by atoms with Gasteiger partial charge < -0.3 is 9.47 Å². The van der Waals surface area contributed by atoms with Crippen molar-refractivity contribution in [3.8, 4) is 0 Å². The van der Waals surface area contributed by atoms with Crippen molar-refractivity contribution in [2.45, 2.75) is 56.8 Å². The maximum absolute atomic E-state index is 15.4. The first kappa shape index (κ1) is 25.0. The van der Waals surface area contributed by atoms with E-state index in [2.05, 4.69) is 9.64 Å². The normalized spacial score (nSPS) is 19.1. The number of alkyl halides is 1. The van der Waals surface area contributed by atoms with Crippen LogP contribution in [0.1, 0.15) is 71.6 Å². The molecule has 2 aliphatic rings. The van der Waals surface area contributed by atoms with Gasteiger partial charge in [0.25, 0.3) is 0 Å². The number of carbonyl (C=O) groups excluding carboxylic acids is 1. The summed E-state index contributed by atoms with van der Waals surface area (Å²) < 4.78 is 54.0. The number of ether oxygens (including phenoxy) is 2. The first-order valence-corrected chi connectivity index (χ1v) is 11.9. The van der Waals surface area contributed by atoms with E-state index in [-0.39, 0.29) is 49.4 Å². The summed E-state index contributed by atoms with van der Waals surface area (Å²) in [5, 5.41) is 0.341. The average Bonchev–Trinajstić information content (AvgIpc) is 3.63. The molecule has 34 heavy (non-hydrogen) atoms. The lowest BCUT2D eigenvalue weighted by atomic mass is 9.92. The molecule has 0 amide bonds. The molecule has 0 N–H and O–H groups in total. The van der Waals surface area contributed by atoms with Gasteiger partial charge in [-0.25, -0.2) is 18.0 Å². The van der Waals surface area contributed by atoms with Crippen LogP contribution in [0.3, 0.4) is 0 Å². The average molecular weight is 496 g/mol. The fourth-order valence-corrected chi connectivity index (χ4v) is 4.85. The standard InChI is InChI=1S/C26H29ClF3NO3/c1-16(18-9-20(27)12-21(28)10-18)31-7-5-26(30,6-8-31)15-34-14-19-11-24(29)23(25(32)33-2)13-22(19)17-3-4-17/h9-13,16-17H,3-8,14-15H2,1-2H3. The molecule has 2 aromatic carbocycles. The van der Waals surface area contributed by atoms with Gasteiger partial charge in [-0.1, -0.05) is 11.6 Å². The lowest BCUT2D eigenvalue weighted by molar-refractivity contribution is -0.0367. The van der Waals surface area contributed by atoms with Gasteiger partial charge in [0.1, 0.15) is 17.3 Å². The quantitative estimate of drug-likeness (QED) is 0.399. The highest BCUT2D eigenvalue weighted by atomic mass is 35.5. The predicted octanol–water partition coefficient (Wildman–Crippen LogP) is 6.36. The van der Waals surface area contributed by atoms with Gasteiger partial charge in [-0.05, 0) is 85.5 Å². The molecular formula is C26H29ClF3NO3. The van der Waals surface area contributed by atoms with E-state index in [0.717, 1.165) is 24.0 Å². The van der Waals surface area contributed by atoms with Gasteiger partial charge in [0.05, 0.1) is 25.9 Å². The number of esters is 1. The second-order valence-corrected chi connectivity index (χ2v) is 9.79. The van der Waals surface area contributed by atoms with Gasteiger partial charge in [0.2, 0.25) is 0 Å². The number of rotatable bonds is 8. The summed E-state index contributed by atoms with van der Waals surface area (Å²) in [5.74, 6) is -1.50. The van der Waals surface area contributed by atoms with Gasteiger partial charge in [-0.2, -0.15) is 0 Å². The van der Waals surface area contributed by atoms with Crippen molar-refractivity contribution >= 4 is 17.6 Å². The Morgan fingerprint density at radius 1 is 1.18 bits per heavy atom. The number of methoxy groups -OCH3 is 1. The van der Waals surface area contributed by atoms with Crippen LogP contribution in [0.5, 0.6) is 0 Å². The molecule has 1 aliphatic heterocycles. The molecule has 184 valence electrons. The summed E-state index contributed by atoms with van der Waals surface area (Å²) in [7, 11) is 1.22. The van der Waals surface area contributed by atoms with E-state index in [1.165, 1.54) is 25.3 Å². The Balaban J connectivity index is 1.34. The second kappa shape index (κ2) is 10.3. The van der Waals surface area contributed by atoms with E-state index in [1.54, 1.807) is 12.1 Å². The van der Waals surface area contributed by atoms with Gasteiger partial charge in [0.15, 0.2) is 0 Å². The van der Waals surface area contributed by atoms with Crippen molar-refractivity contribution < 1.29 is 27.4 Å².